The molecule has 0 radical (unpaired) electrons. The third kappa shape index (κ3) is 6.37. The van der Waals surface area contributed by atoms with Crippen LogP contribution in [0.5, 0.6) is 0 Å². The Morgan fingerprint density at radius 1 is 1.14 bits per heavy atom. The number of hydrazine groups is 1. The van der Waals surface area contributed by atoms with Gasteiger partial charge in [-0.05, 0) is 63.1 Å². The summed E-state index contributed by atoms with van der Waals surface area (Å²) in [6, 6.07) is 3.27. The molecule has 4 atom stereocenters. The number of rotatable bonds is 6. The number of hydrogen-bond acceptors (Lipinski definition) is 5. The number of amides is 2. The zero-order chi connectivity index (χ0) is 21.0. The van der Waals surface area contributed by atoms with Crippen LogP contribution in [0.4, 0.5) is 13.6 Å². The molecule has 1 aliphatic heterocycles. The molecule has 0 bridgehead atoms. The highest BCUT2D eigenvalue weighted by Gasteiger charge is 2.37. The van der Waals surface area contributed by atoms with Crippen LogP contribution in [-0.4, -0.2) is 36.4 Å². The van der Waals surface area contributed by atoms with E-state index in [0.29, 0.717) is 12.3 Å². The maximum Gasteiger partial charge on any atom is 0.407 e. The van der Waals surface area contributed by atoms with Crippen LogP contribution in [0, 0.1) is 17.6 Å². The second-order valence-corrected chi connectivity index (χ2v) is 8.10. The van der Waals surface area contributed by atoms with E-state index in [1.165, 1.54) is 0 Å². The number of ether oxygens (including phenoxy) is 1. The minimum Gasteiger partial charge on any atom is -0.446 e. The van der Waals surface area contributed by atoms with E-state index in [4.69, 9.17) is 4.74 Å². The van der Waals surface area contributed by atoms with Gasteiger partial charge in [0.15, 0.2) is 0 Å². The van der Waals surface area contributed by atoms with Crippen molar-refractivity contribution in [3.8, 4) is 0 Å². The normalized spacial score (nSPS) is 26.5. The van der Waals surface area contributed by atoms with Crippen LogP contribution < -0.4 is 21.5 Å². The summed E-state index contributed by atoms with van der Waals surface area (Å²) in [6.45, 7) is 3.76. The molecule has 1 heterocycles. The van der Waals surface area contributed by atoms with Gasteiger partial charge in [-0.2, -0.15) is 0 Å². The van der Waals surface area contributed by atoms with Crippen LogP contribution >= 0.6 is 0 Å². The van der Waals surface area contributed by atoms with Gasteiger partial charge in [0.05, 0.1) is 12.6 Å². The first kappa shape index (κ1) is 21.4. The molecule has 4 N–H and O–H groups in total. The fourth-order valence-corrected chi connectivity index (χ4v) is 4.00. The summed E-state index contributed by atoms with van der Waals surface area (Å²) in [7, 11) is 0. The molecule has 29 heavy (non-hydrogen) atoms. The number of benzene rings is 1. The Bertz CT molecular complexity index is 726. The lowest BCUT2D eigenvalue weighted by atomic mass is 9.96. The van der Waals surface area contributed by atoms with E-state index >= 15 is 0 Å². The molecule has 3 rings (SSSR count). The van der Waals surface area contributed by atoms with Gasteiger partial charge in [0.25, 0.3) is 0 Å². The number of hydrogen-bond donors (Lipinski definition) is 4. The molecule has 160 valence electrons. The zero-order valence-electron chi connectivity index (χ0n) is 16.6. The third-order valence-corrected chi connectivity index (χ3v) is 5.23. The molecule has 1 aromatic rings. The Hall–Kier alpha value is -2.26. The maximum absolute atomic E-state index is 13.3. The number of nitrogens with one attached hydrogen (secondary N) is 4. The topological polar surface area (TPSA) is 91.5 Å². The minimum atomic E-state index is -0.700. The smallest absolute Gasteiger partial charge is 0.407 e. The minimum absolute atomic E-state index is 0.0358. The Labute approximate surface area is 168 Å². The number of alkyl carbamates (subject to hydrolysis) is 1. The van der Waals surface area contributed by atoms with Gasteiger partial charge in [-0.3, -0.25) is 10.2 Å². The van der Waals surface area contributed by atoms with Crippen molar-refractivity contribution in [2.75, 3.05) is 0 Å². The molecule has 0 spiro atoms. The van der Waals surface area contributed by atoms with Crippen molar-refractivity contribution in [1.29, 1.82) is 0 Å². The largest absolute Gasteiger partial charge is 0.446 e. The van der Waals surface area contributed by atoms with E-state index in [-0.39, 0.29) is 48.3 Å². The Morgan fingerprint density at radius 3 is 2.55 bits per heavy atom. The molecule has 1 aliphatic carbocycles. The van der Waals surface area contributed by atoms with Gasteiger partial charge in [-0.25, -0.2) is 19.0 Å². The van der Waals surface area contributed by atoms with Crippen LogP contribution in [0.2, 0.25) is 0 Å². The molecule has 2 amide bonds. The van der Waals surface area contributed by atoms with Gasteiger partial charge in [0.1, 0.15) is 17.7 Å². The van der Waals surface area contributed by atoms with E-state index in [1.807, 2.05) is 13.8 Å². The van der Waals surface area contributed by atoms with Crippen LogP contribution in [0.15, 0.2) is 18.2 Å². The molecule has 0 aromatic heterocycles. The van der Waals surface area contributed by atoms with Gasteiger partial charge in [0.2, 0.25) is 5.91 Å². The van der Waals surface area contributed by atoms with Crippen LogP contribution in [0.1, 0.15) is 45.1 Å². The lowest BCUT2D eigenvalue weighted by molar-refractivity contribution is -0.121. The fraction of sp³-hybridized carbons (Fsp3) is 0.600. The number of halogens is 2. The SMILES string of the molecule is CC(C)NC(=O)O[C@@H]1CC[C@H](C2CC(NC(=O)Cc3cc(F)cc(F)c3)NN2)C1. The van der Waals surface area contributed by atoms with Gasteiger partial charge < -0.3 is 15.4 Å². The lowest BCUT2D eigenvalue weighted by Gasteiger charge is -2.18. The number of carbonyl (C=O) groups is 2. The van der Waals surface area contributed by atoms with E-state index in [0.717, 1.165) is 37.5 Å². The first-order valence-corrected chi connectivity index (χ1v) is 10.0. The van der Waals surface area contributed by atoms with E-state index in [9.17, 15) is 18.4 Å². The third-order valence-electron chi connectivity index (χ3n) is 5.23. The summed E-state index contributed by atoms with van der Waals surface area (Å²) in [4.78, 5) is 23.9. The molecule has 1 saturated carbocycles. The molecule has 2 unspecified atom stereocenters. The average Bonchev–Trinajstić information content (AvgIpc) is 3.22. The van der Waals surface area contributed by atoms with E-state index < -0.39 is 11.6 Å². The zero-order valence-corrected chi connectivity index (χ0v) is 16.6. The summed E-state index contributed by atoms with van der Waals surface area (Å²) in [5, 5.41) is 5.56. The van der Waals surface area contributed by atoms with Gasteiger partial charge in [-0.15, -0.1) is 0 Å². The summed E-state index contributed by atoms with van der Waals surface area (Å²) in [6.07, 6.45) is 2.35. The molecule has 1 saturated heterocycles. The second kappa shape index (κ2) is 9.49. The first-order chi connectivity index (χ1) is 13.8. The highest BCUT2D eigenvalue weighted by molar-refractivity contribution is 5.78. The summed E-state index contributed by atoms with van der Waals surface area (Å²) in [5.41, 5.74) is 6.55. The standard InChI is InChI=1S/C20H28F2N4O3/c1-11(2)23-20(28)29-16-4-3-13(8-16)17-10-18(26-25-17)24-19(27)7-12-5-14(21)9-15(22)6-12/h5-6,9,11,13,16-18,25-26H,3-4,7-8,10H2,1-2H3,(H,23,28)(H,24,27)/t13-,16+,17?,18?/m0/s1. The maximum atomic E-state index is 13.3. The molecular weight excluding hydrogens is 382 g/mol. The second-order valence-electron chi connectivity index (χ2n) is 8.10. The van der Waals surface area contributed by atoms with Crippen molar-refractivity contribution in [2.24, 2.45) is 5.92 Å². The van der Waals surface area contributed by atoms with Crippen molar-refractivity contribution in [3.63, 3.8) is 0 Å². The van der Waals surface area contributed by atoms with Crippen molar-refractivity contribution in [1.82, 2.24) is 21.5 Å². The van der Waals surface area contributed by atoms with Crippen molar-refractivity contribution < 1.29 is 23.1 Å². The quantitative estimate of drug-likeness (QED) is 0.577. The van der Waals surface area contributed by atoms with Crippen LogP contribution in [0.25, 0.3) is 0 Å². The lowest BCUT2D eigenvalue weighted by Crippen LogP contribution is -2.45. The van der Waals surface area contributed by atoms with E-state index in [2.05, 4.69) is 21.5 Å². The summed E-state index contributed by atoms with van der Waals surface area (Å²) in [5.74, 6) is -1.38. The first-order valence-electron chi connectivity index (χ1n) is 10.0. The van der Waals surface area contributed by atoms with Gasteiger partial charge in [-0.1, -0.05) is 0 Å². The van der Waals surface area contributed by atoms with Crippen molar-refractivity contribution >= 4 is 12.0 Å². The average molecular weight is 410 g/mol. The molecule has 1 aromatic carbocycles. The van der Waals surface area contributed by atoms with Crippen molar-refractivity contribution in [3.05, 3.63) is 35.4 Å². The Kier molecular flexibility index (Phi) is 7.02. The molecule has 2 aliphatic rings. The molecule has 9 heteroatoms. The molecule has 2 fully saturated rings. The number of carbonyl (C=O) groups excluding carboxylic acids is 2. The predicted molar refractivity (Wildman–Crippen MR) is 103 cm³/mol. The van der Waals surface area contributed by atoms with Crippen LogP contribution in [0.3, 0.4) is 0 Å². The monoisotopic (exact) mass is 410 g/mol. The molecule has 7 nitrogen and oxygen atoms in total. The highest BCUT2D eigenvalue weighted by Crippen LogP contribution is 2.32. The van der Waals surface area contributed by atoms with Gasteiger partial charge >= 0.3 is 6.09 Å². The summed E-state index contributed by atoms with van der Waals surface area (Å²) >= 11 is 0. The van der Waals surface area contributed by atoms with Gasteiger partial charge in [0, 0.05) is 18.2 Å². The Balaban J connectivity index is 1.42. The predicted octanol–water partition coefficient (Wildman–Crippen LogP) is 2.12. The summed E-state index contributed by atoms with van der Waals surface area (Å²) < 4.78 is 32.0. The Morgan fingerprint density at radius 2 is 1.86 bits per heavy atom. The molecular formula is C20H28F2N4O3. The van der Waals surface area contributed by atoms with E-state index in [1.54, 1.807) is 0 Å². The van der Waals surface area contributed by atoms with Crippen LogP contribution in [-0.2, 0) is 16.0 Å². The fourth-order valence-electron chi connectivity index (χ4n) is 4.00. The highest BCUT2D eigenvalue weighted by atomic mass is 19.1. The van der Waals surface area contributed by atoms with Crippen molar-refractivity contribution in [2.45, 2.75) is 70.3 Å².